The number of aryl methyl sites for hydroxylation is 2. The van der Waals surface area contributed by atoms with Gasteiger partial charge in [-0.3, -0.25) is 0 Å². The molecule has 8 heteroatoms. The van der Waals surface area contributed by atoms with Gasteiger partial charge in [0, 0.05) is 31.7 Å². The number of hydrogen-bond donors (Lipinski definition) is 0. The topological polar surface area (TPSA) is 85.8 Å². The Morgan fingerprint density at radius 3 is 3.08 bits per heavy atom. The minimum atomic E-state index is 0.343. The van der Waals surface area contributed by atoms with Crippen LogP contribution in [0.2, 0.25) is 0 Å². The first-order chi connectivity index (χ1) is 12.3. The van der Waals surface area contributed by atoms with Crippen molar-refractivity contribution in [1.82, 2.24) is 29.9 Å². The van der Waals surface area contributed by atoms with E-state index in [0.717, 1.165) is 49.7 Å². The fraction of sp³-hybridized carbons (Fsp3) is 0.471. The Bertz CT molecular complexity index is 856. The largest absolute Gasteiger partial charge is 0.355 e. The first-order valence-electron chi connectivity index (χ1n) is 8.64. The summed E-state index contributed by atoms with van der Waals surface area (Å²) in [5.41, 5.74) is 0.876. The summed E-state index contributed by atoms with van der Waals surface area (Å²) in [7, 11) is 0. The summed E-state index contributed by atoms with van der Waals surface area (Å²) in [6.07, 6.45) is 5.80. The quantitative estimate of drug-likeness (QED) is 0.721. The van der Waals surface area contributed by atoms with Crippen LogP contribution in [-0.4, -0.2) is 43.0 Å². The second-order valence-corrected chi connectivity index (χ2v) is 6.28. The molecule has 1 saturated heterocycles. The summed E-state index contributed by atoms with van der Waals surface area (Å²) in [5.74, 6) is 3.42. The molecular formula is C17H21N7O. The van der Waals surface area contributed by atoms with Crippen molar-refractivity contribution in [3.8, 4) is 11.5 Å². The van der Waals surface area contributed by atoms with Crippen molar-refractivity contribution in [3.63, 3.8) is 0 Å². The lowest BCUT2D eigenvalue weighted by Gasteiger charge is -2.33. The zero-order chi connectivity index (χ0) is 17.2. The van der Waals surface area contributed by atoms with Gasteiger partial charge in [-0.15, -0.1) is 10.2 Å². The van der Waals surface area contributed by atoms with Crippen LogP contribution in [0.4, 0.5) is 5.82 Å². The number of rotatable bonds is 4. The van der Waals surface area contributed by atoms with Crippen LogP contribution in [0.5, 0.6) is 0 Å². The zero-order valence-electron chi connectivity index (χ0n) is 14.5. The van der Waals surface area contributed by atoms with E-state index in [-0.39, 0.29) is 0 Å². The van der Waals surface area contributed by atoms with E-state index >= 15 is 0 Å². The van der Waals surface area contributed by atoms with E-state index < -0.39 is 0 Å². The van der Waals surface area contributed by atoms with Crippen LogP contribution in [0, 0.1) is 6.92 Å². The normalized spacial score (nSPS) is 17.8. The van der Waals surface area contributed by atoms with Gasteiger partial charge < -0.3 is 14.0 Å². The summed E-state index contributed by atoms with van der Waals surface area (Å²) < 4.78 is 7.48. The number of aromatic nitrogens is 6. The first kappa shape index (κ1) is 15.7. The maximum atomic E-state index is 5.36. The molecule has 4 heterocycles. The lowest BCUT2D eigenvalue weighted by molar-refractivity contribution is 0.425. The van der Waals surface area contributed by atoms with E-state index in [4.69, 9.17) is 4.52 Å². The van der Waals surface area contributed by atoms with E-state index in [9.17, 15) is 0 Å². The molecule has 0 radical (unpaired) electrons. The van der Waals surface area contributed by atoms with Gasteiger partial charge in [0.05, 0.1) is 5.56 Å². The lowest BCUT2D eigenvalue weighted by atomic mass is 9.96. The third-order valence-corrected chi connectivity index (χ3v) is 4.62. The van der Waals surface area contributed by atoms with Gasteiger partial charge in [0.2, 0.25) is 0 Å². The molecule has 130 valence electrons. The second kappa shape index (κ2) is 6.62. The molecule has 0 aliphatic carbocycles. The van der Waals surface area contributed by atoms with Gasteiger partial charge >= 0.3 is 0 Å². The molecule has 3 aromatic heterocycles. The molecule has 1 fully saturated rings. The van der Waals surface area contributed by atoms with Gasteiger partial charge in [0.15, 0.2) is 5.82 Å². The van der Waals surface area contributed by atoms with Crippen LogP contribution in [0.1, 0.15) is 37.3 Å². The van der Waals surface area contributed by atoms with E-state index in [1.165, 1.54) is 0 Å². The smallest absolute Gasteiger partial charge is 0.261 e. The fourth-order valence-corrected chi connectivity index (χ4v) is 3.43. The molecule has 0 saturated carbocycles. The molecule has 0 amide bonds. The molecule has 1 atom stereocenters. The van der Waals surface area contributed by atoms with Gasteiger partial charge in [-0.1, -0.05) is 5.16 Å². The Morgan fingerprint density at radius 1 is 1.36 bits per heavy atom. The number of hydrogen-bond acceptors (Lipinski definition) is 7. The van der Waals surface area contributed by atoms with Gasteiger partial charge in [-0.05, 0) is 38.8 Å². The number of pyridine rings is 1. The van der Waals surface area contributed by atoms with Crippen LogP contribution in [0.3, 0.4) is 0 Å². The lowest BCUT2D eigenvalue weighted by Crippen LogP contribution is -2.36. The molecule has 4 rings (SSSR count). The van der Waals surface area contributed by atoms with Crippen molar-refractivity contribution in [3.05, 3.63) is 36.3 Å². The molecule has 3 aromatic rings. The molecule has 0 bridgehead atoms. The van der Waals surface area contributed by atoms with Crippen molar-refractivity contribution < 1.29 is 4.52 Å². The van der Waals surface area contributed by atoms with Crippen LogP contribution in [0.25, 0.3) is 11.5 Å². The minimum absolute atomic E-state index is 0.343. The molecule has 0 N–H and O–H groups in total. The maximum absolute atomic E-state index is 5.36. The minimum Gasteiger partial charge on any atom is -0.355 e. The monoisotopic (exact) mass is 339 g/mol. The third-order valence-electron chi connectivity index (χ3n) is 4.62. The zero-order valence-corrected chi connectivity index (χ0v) is 14.5. The average molecular weight is 339 g/mol. The Morgan fingerprint density at radius 2 is 2.28 bits per heavy atom. The highest BCUT2D eigenvalue weighted by molar-refractivity contribution is 5.69. The van der Waals surface area contributed by atoms with E-state index in [1.807, 2.05) is 25.4 Å². The summed E-state index contributed by atoms with van der Waals surface area (Å²) in [6, 6.07) is 3.88. The second-order valence-electron chi connectivity index (χ2n) is 6.28. The third kappa shape index (κ3) is 2.99. The fourth-order valence-electron chi connectivity index (χ4n) is 3.43. The number of anilines is 1. The van der Waals surface area contributed by atoms with Crippen molar-refractivity contribution >= 4 is 5.82 Å². The van der Waals surface area contributed by atoms with Gasteiger partial charge in [0.25, 0.3) is 5.89 Å². The molecule has 0 aromatic carbocycles. The summed E-state index contributed by atoms with van der Waals surface area (Å²) >= 11 is 0. The Hall–Kier alpha value is -2.77. The predicted octanol–water partition coefficient (Wildman–Crippen LogP) is 2.44. The molecule has 1 aliphatic rings. The standard InChI is InChI=1S/C17H21N7O/c1-3-23-11-19-21-15(23)13-6-5-9-24(10-13)16-14(7-4-8-18-16)17-20-12(2)22-25-17/h4,7-8,11,13H,3,5-6,9-10H2,1-2H3/t13-/m1/s1. The van der Waals surface area contributed by atoms with Crippen molar-refractivity contribution in [2.75, 3.05) is 18.0 Å². The van der Waals surface area contributed by atoms with Gasteiger partial charge in [-0.2, -0.15) is 4.98 Å². The molecule has 0 spiro atoms. The molecule has 25 heavy (non-hydrogen) atoms. The summed E-state index contributed by atoms with van der Waals surface area (Å²) in [5, 5.41) is 12.3. The van der Waals surface area contributed by atoms with Crippen molar-refractivity contribution in [2.45, 2.75) is 39.2 Å². The van der Waals surface area contributed by atoms with Crippen molar-refractivity contribution in [2.24, 2.45) is 0 Å². The molecule has 1 aliphatic heterocycles. The van der Waals surface area contributed by atoms with Gasteiger partial charge in [0.1, 0.15) is 18.0 Å². The Kier molecular flexibility index (Phi) is 4.17. The summed E-state index contributed by atoms with van der Waals surface area (Å²) in [4.78, 5) is 11.3. The average Bonchev–Trinajstić information content (AvgIpc) is 3.30. The van der Waals surface area contributed by atoms with Crippen LogP contribution in [-0.2, 0) is 6.54 Å². The van der Waals surface area contributed by atoms with Crippen LogP contribution < -0.4 is 4.90 Å². The summed E-state index contributed by atoms with van der Waals surface area (Å²) in [6.45, 7) is 6.62. The predicted molar refractivity (Wildman–Crippen MR) is 92.2 cm³/mol. The highest BCUT2D eigenvalue weighted by Gasteiger charge is 2.28. The number of nitrogens with zero attached hydrogens (tertiary/aromatic N) is 7. The Labute approximate surface area is 145 Å². The van der Waals surface area contributed by atoms with E-state index in [1.54, 1.807) is 6.20 Å². The molecular weight excluding hydrogens is 318 g/mol. The van der Waals surface area contributed by atoms with Gasteiger partial charge in [-0.25, -0.2) is 4.98 Å². The first-order valence-corrected chi connectivity index (χ1v) is 8.64. The van der Waals surface area contributed by atoms with E-state index in [0.29, 0.717) is 17.6 Å². The Balaban J connectivity index is 1.64. The van der Waals surface area contributed by atoms with Crippen molar-refractivity contribution in [1.29, 1.82) is 0 Å². The van der Waals surface area contributed by atoms with Crippen LogP contribution in [0.15, 0.2) is 29.2 Å². The highest BCUT2D eigenvalue weighted by atomic mass is 16.5. The SMILES string of the molecule is CCn1cnnc1[C@@H]1CCCN(c2ncccc2-c2nc(C)no2)C1. The van der Waals surface area contributed by atoms with E-state index in [2.05, 4.69) is 41.7 Å². The van der Waals surface area contributed by atoms with Crippen LogP contribution >= 0.6 is 0 Å². The molecule has 8 nitrogen and oxygen atoms in total. The maximum Gasteiger partial charge on any atom is 0.261 e. The highest BCUT2D eigenvalue weighted by Crippen LogP contribution is 2.33. The molecule has 0 unspecified atom stereocenters. The number of piperidine rings is 1.